The zero-order valence-corrected chi connectivity index (χ0v) is 11.5. The van der Waals surface area contributed by atoms with Crippen molar-refractivity contribution in [2.75, 3.05) is 0 Å². The Kier molecular flexibility index (Phi) is 3.33. The number of hydrogen-bond donors (Lipinski definition) is 0. The summed E-state index contributed by atoms with van der Waals surface area (Å²) in [6, 6.07) is 2.35. The van der Waals surface area contributed by atoms with Gasteiger partial charge in [0.25, 0.3) is 0 Å². The van der Waals surface area contributed by atoms with Crippen molar-refractivity contribution in [3.05, 3.63) is 47.1 Å². The van der Waals surface area contributed by atoms with Crippen LogP contribution in [0.2, 0.25) is 0 Å². The zero-order valence-electron chi connectivity index (χ0n) is 11.5. The van der Waals surface area contributed by atoms with Gasteiger partial charge in [0, 0.05) is 29.4 Å². The van der Waals surface area contributed by atoms with E-state index in [0.717, 1.165) is 17.6 Å². The van der Waals surface area contributed by atoms with Crippen LogP contribution in [-0.2, 0) is 0 Å². The smallest absolute Gasteiger partial charge is 0.0701 e. The van der Waals surface area contributed by atoms with Crippen molar-refractivity contribution < 1.29 is 0 Å². The van der Waals surface area contributed by atoms with Gasteiger partial charge in [-0.1, -0.05) is 53.6 Å². The quantitative estimate of drug-likeness (QED) is 0.481. The van der Waals surface area contributed by atoms with E-state index >= 15 is 0 Å². The molecule has 0 aromatic heterocycles. The third kappa shape index (κ3) is 2.61. The summed E-state index contributed by atoms with van der Waals surface area (Å²) in [6.45, 7) is 2.08. The van der Waals surface area contributed by atoms with Gasteiger partial charge in [-0.05, 0) is 19.4 Å². The number of nitriles is 1. The minimum absolute atomic E-state index is 0.0992. The molecule has 3 atom stereocenters. The van der Waals surface area contributed by atoms with Gasteiger partial charge in [0.2, 0.25) is 0 Å². The molecule has 3 rings (SSSR count). The minimum Gasteiger partial charge on any atom is -0.198 e. The van der Waals surface area contributed by atoms with Crippen LogP contribution in [0.1, 0.15) is 19.8 Å². The van der Waals surface area contributed by atoms with Crippen molar-refractivity contribution in [3.63, 3.8) is 0 Å². The van der Waals surface area contributed by atoms with Gasteiger partial charge >= 0.3 is 0 Å². The van der Waals surface area contributed by atoms with Crippen molar-refractivity contribution in [2.24, 2.45) is 17.8 Å². The topological polar surface area (TPSA) is 23.8 Å². The molecule has 20 heavy (non-hydrogen) atoms. The van der Waals surface area contributed by atoms with E-state index in [1.165, 1.54) is 5.57 Å². The fourth-order valence-corrected chi connectivity index (χ4v) is 2.61. The zero-order chi connectivity index (χ0) is 13.9. The highest BCUT2D eigenvalue weighted by atomic mass is 14.3. The number of rotatable bonds is 0. The summed E-state index contributed by atoms with van der Waals surface area (Å²) in [6.07, 6.45) is 12.1. The van der Waals surface area contributed by atoms with E-state index in [1.807, 2.05) is 6.08 Å². The maximum absolute atomic E-state index is 9.27. The van der Waals surface area contributed by atoms with Crippen LogP contribution in [0.3, 0.4) is 0 Å². The highest BCUT2D eigenvalue weighted by molar-refractivity contribution is 5.54. The Hall–Kier alpha value is -2.43. The van der Waals surface area contributed by atoms with Gasteiger partial charge in [-0.25, -0.2) is 0 Å². The summed E-state index contributed by atoms with van der Waals surface area (Å²) >= 11 is 0. The van der Waals surface area contributed by atoms with E-state index in [4.69, 9.17) is 0 Å². The van der Waals surface area contributed by atoms with E-state index in [9.17, 15) is 5.26 Å². The van der Waals surface area contributed by atoms with Crippen LogP contribution in [0.25, 0.3) is 0 Å². The summed E-state index contributed by atoms with van der Waals surface area (Å²) in [4.78, 5) is 0. The van der Waals surface area contributed by atoms with Gasteiger partial charge in [-0.15, -0.1) is 0 Å². The van der Waals surface area contributed by atoms with E-state index in [2.05, 4.69) is 61.0 Å². The van der Waals surface area contributed by atoms with Crippen LogP contribution in [0.15, 0.2) is 47.1 Å². The first-order valence-electron chi connectivity index (χ1n) is 6.95. The average molecular weight is 257 g/mol. The lowest BCUT2D eigenvalue weighted by atomic mass is 9.90. The number of nitrogens with zero attached hydrogens (tertiary/aromatic N) is 1. The fourth-order valence-electron chi connectivity index (χ4n) is 2.61. The van der Waals surface area contributed by atoms with Gasteiger partial charge in [-0.3, -0.25) is 0 Å². The molecule has 0 amide bonds. The molecule has 0 fully saturated rings. The second kappa shape index (κ2) is 5.28. The Morgan fingerprint density at radius 3 is 2.80 bits per heavy atom. The molecule has 0 aromatic rings. The van der Waals surface area contributed by atoms with Crippen molar-refractivity contribution in [3.8, 4) is 29.8 Å². The maximum Gasteiger partial charge on any atom is 0.0701 e. The predicted molar refractivity (Wildman–Crippen MR) is 79.9 cm³/mol. The number of hydrogen-bond acceptors (Lipinski definition) is 1. The van der Waals surface area contributed by atoms with Gasteiger partial charge in [-0.2, -0.15) is 5.26 Å². The molecule has 3 aliphatic rings. The van der Waals surface area contributed by atoms with E-state index < -0.39 is 0 Å². The van der Waals surface area contributed by atoms with Crippen LogP contribution in [0.5, 0.6) is 0 Å². The van der Waals surface area contributed by atoms with Crippen molar-refractivity contribution >= 4 is 0 Å². The molecule has 3 unspecified atom stereocenters. The molecule has 0 aliphatic heterocycles. The number of allylic oxidation sites excluding steroid dienone is 8. The van der Waals surface area contributed by atoms with Gasteiger partial charge in [0.1, 0.15) is 0 Å². The first-order valence-corrected chi connectivity index (χ1v) is 6.95. The SMILES string of the molecule is CC1=C/C2=C3/C#CC(/C=C\C(C#N)C3)CC(C#C2)/C=C\1. The minimum atomic E-state index is -0.0992. The Labute approximate surface area is 120 Å². The first kappa shape index (κ1) is 12.6. The van der Waals surface area contributed by atoms with E-state index in [0.29, 0.717) is 6.42 Å². The predicted octanol–water partition coefficient (Wildman–Crippen LogP) is 3.54. The summed E-state index contributed by atoms with van der Waals surface area (Å²) in [5, 5.41) is 9.27. The second-order valence-corrected chi connectivity index (χ2v) is 5.45. The molecule has 96 valence electrons. The molecule has 0 saturated heterocycles. The van der Waals surface area contributed by atoms with Crippen LogP contribution < -0.4 is 0 Å². The van der Waals surface area contributed by atoms with Crippen LogP contribution >= 0.6 is 0 Å². The number of fused-ring (bicyclic) bond motifs is 4. The van der Waals surface area contributed by atoms with Gasteiger partial charge in [0.05, 0.1) is 12.0 Å². The summed E-state index contributed by atoms with van der Waals surface area (Å²) < 4.78 is 0. The third-order valence-corrected chi connectivity index (χ3v) is 3.76. The first-order chi connectivity index (χ1) is 9.74. The Morgan fingerprint density at radius 2 is 1.95 bits per heavy atom. The van der Waals surface area contributed by atoms with Crippen LogP contribution in [-0.4, -0.2) is 0 Å². The molecule has 4 bridgehead atoms. The monoisotopic (exact) mass is 257 g/mol. The molecule has 0 N–H and O–H groups in total. The Balaban J connectivity index is 2.20. The summed E-state index contributed by atoms with van der Waals surface area (Å²) in [5.41, 5.74) is 3.19. The summed E-state index contributed by atoms with van der Waals surface area (Å²) in [5.74, 6) is 13.6. The molecule has 0 aromatic carbocycles. The Bertz CT molecular complexity index is 714. The molecular formula is C19H15N. The van der Waals surface area contributed by atoms with Gasteiger partial charge < -0.3 is 0 Å². The molecule has 0 saturated carbocycles. The lowest BCUT2D eigenvalue weighted by Crippen LogP contribution is -2.04. The average Bonchev–Trinajstić information content (AvgIpc) is 2.45. The van der Waals surface area contributed by atoms with Crippen molar-refractivity contribution in [1.29, 1.82) is 5.26 Å². The fraction of sp³-hybridized carbons (Fsp3) is 0.316. The molecule has 1 heteroatoms. The highest BCUT2D eigenvalue weighted by Crippen LogP contribution is 2.26. The van der Waals surface area contributed by atoms with Gasteiger partial charge in [0.15, 0.2) is 0 Å². The molecule has 0 radical (unpaired) electrons. The van der Waals surface area contributed by atoms with E-state index in [-0.39, 0.29) is 17.8 Å². The Morgan fingerprint density at radius 1 is 1.15 bits per heavy atom. The molecule has 0 spiro atoms. The standard InChI is InChI=1S/C19H15N/c1-14-2-3-15-6-8-18(10-14)19-9-7-16(11-15)4-5-17(12-19)13-20/h2-5,10,15-17H,11-12H2,1H3/b3-2-,5-4-,14-10-,19-18-. The van der Waals surface area contributed by atoms with Crippen LogP contribution in [0.4, 0.5) is 0 Å². The van der Waals surface area contributed by atoms with Crippen LogP contribution in [0, 0.1) is 52.8 Å². The third-order valence-electron chi connectivity index (χ3n) is 3.76. The lowest BCUT2D eigenvalue weighted by Gasteiger charge is -2.12. The maximum atomic E-state index is 9.27. The lowest BCUT2D eigenvalue weighted by molar-refractivity contribution is 0.648. The van der Waals surface area contributed by atoms with Crippen molar-refractivity contribution in [1.82, 2.24) is 0 Å². The molecule has 3 aliphatic carbocycles. The van der Waals surface area contributed by atoms with E-state index in [1.54, 1.807) is 0 Å². The molecule has 1 nitrogen and oxygen atoms in total. The highest BCUT2D eigenvalue weighted by Gasteiger charge is 2.17. The normalized spacial score (nSPS) is 39.4. The molecular weight excluding hydrogens is 242 g/mol. The molecule has 0 heterocycles. The van der Waals surface area contributed by atoms with Crippen molar-refractivity contribution in [2.45, 2.75) is 19.8 Å². The largest absolute Gasteiger partial charge is 0.198 e. The summed E-state index contributed by atoms with van der Waals surface area (Å²) in [7, 11) is 0. The second-order valence-electron chi connectivity index (χ2n) is 5.45.